The van der Waals surface area contributed by atoms with Crippen LogP contribution in [0.4, 0.5) is 5.13 Å². The van der Waals surface area contributed by atoms with E-state index < -0.39 is 0 Å². The predicted molar refractivity (Wildman–Crippen MR) is 100 cm³/mol. The number of aryl methyl sites for hydroxylation is 1. The third-order valence-corrected chi connectivity index (χ3v) is 5.55. The summed E-state index contributed by atoms with van der Waals surface area (Å²) in [5, 5.41) is 10.3. The third kappa shape index (κ3) is 3.32. The lowest BCUT2D eigenvalue weighted by Crippen LogP contribution is -2.34. The van der Waals surface area contributed by atoms with Crippen molar-refractivity contribution in [3.63, 3.8) is 0 Å². The van der Waals surface area contributed by atoms with Gasteiger partial charge in [0.25, 0.3) is 0 Å². The largest absolute Gasteiger partial charge is 0.355 e. The van der Waals surface area contributed by atoms with E-state index in [2.05, 4.69) is 26.6 Å². The van der Waals surface area contributed by atoms with E-state index in [0.29, 0.717) is 24.6 Å². The lowest BCUT2D eigenvalue weighted by Gasteiger charge is -2.13. The Morgan fingerprint density at radius 1 is 1.42 bits per heavy atom. The molecule has 2 aromatic heterocycles. The average Bonchev–Trinajstić information content (AvgIpc) is 3.33. The van der Waals surface area contributed by atoms with Gasteiger partial charge in [-0.05, 0) is 30.7 Å². The number of rotatable bonds is 5. The Hall–Kier alpha value is -2.74. The molecule has 1 saturated heterocycles. The zero-order valence-electron chi connectivity index (χ0n) is 14.4. The number of fused-ring (bicyclic) bond motifs is 1. The molecule has 26 heavy (non-hydrogen) atoms. The molecule has 4 rings (SSSR count). The molecule has 0 bridgehead atoms. The molecule has 0 radical (unpaired) electrons. The topological polar surface area (TPSA) is 91.0 Å². The molecule has 1 fully saturated rings. The highest BCUT2D eigenvalue weighted by Crippen LogP contribution is 2.33. The van der Waals surface area contributed by atoms with Crippen LogP contribution >= 0.6 is 11.3 Å². The summed E-state index contributed by atoms with van der Waals surface area (Å²) >= 11 is 1.49. The van der Waals surface area contributed by atoms with Gasteiger partial charge >= 0.3 is 0 Å². The first-order chi connectivity index (χ1) is 12.6. The van der Waals surface area contributed by atoms with Crippen LogP contribution in [0.25, 0.3) is 10.2 Å². The Kier molecular flexibility index (Phi) is 4.42. The van der Waals surface area contributed by atoms with Crippen LogP contribution in [-0.2, 0) is 16.0 Å². The maximum Gasteiger partial charge on any atom is 0.229 e. The summed E-state index contributed by atoms with van der Waals surface area (Å²) in [4.78, 5) is 31.0. The van der Waals surface area contributed by atoms with Crippen molar-refractivity contribution in [2.24, 2.45) is 5.92 Å². The average molecular weight is 369 g/mol. The van der Waals surface area contributed by atoms with Crippen molar-refractivity contribution in [2.75, 3.05) is 18.0 Å². The Morgan fingerprint density at radius 2 is 2.31 bits per heavy atom. The third-order valence-electron chi connectivity index (χ3n) is 4.51. The van der Waals surface area contributed by atoms with Crippen molar-refractivity contribution < 1.29 is 9.59 Å². The number of anilines is 1. The summed E-state index contributed by atoms with van der Waals surface area (Å²) < 4.78 is 1.06. The van der Waals surface area contributed by atoms with Crippen LogP contribution in [0.3, 0.4) is 0 Å². The summed E-state index contributed by atoms with van der Waals surface area (Å²) in [6.45, 7) is 2.93. The van der Waals surface area contributed by atoms with E-state index in [1.54, 1.807) is 11.1 Å². The van der Waals surface area contributed by atoms with Crippen LogP contribution in [0.5, 0.6) is 0 Å². The molecule has 1 aliphatic rings. The van der Waals surface area contributed by atoms with Gasteiger partial charge in [-0.1, -0.05) is 17.4 Å². The number of carbonyl (C=O) groups is 2. The summed E-state index contributed by atoms with van der Waals surface area (Å²) in [6, 6.07) is 7.91. The number of thiazole rings is 1. The molecule has 2 amide bonds. The van der Waals surface area contributed by atoms with Crippen LogP contribution in [0.2, 0.25) is 0 Å². The minimum atomic E-state index is -0.335. The van der Waals surface area contributed by atoms with Crippen LogP contribution < -0.4 is 10.2 Å². The summed E-state index contributed by atoms with van der Waals surface area (Å²) in [6.07, 6.45) is 2.60. The number of amides is 2. The Balaban J connectivity index is 1.40. The second kappa shape index (κ2) is 6.87. The lowest BCUT2D eigenvalue weighted by molar-refractivity contribution is -0.126. The van der Waals surface area contributed by atoms with Crippen molar-refractivity contribution >= 4 is 38.5 Å². The van der Waals surface area contributed by atoms with E-state index >= 15 is 0 Å². The highest BCUT2D eigenvalue weighted by atomic mass is 32.1. The molecule has 2 N–H and O–H groups in total. The van der Waals surface area contributed by atoms with Gasteiger partial charge in [0.15, 0.2) is 5.13 Å². The first-order valence-electron chi connectivity index (χ1n) is 8.53. The van der Waals surface area contributed by atoms with E-state index in [0.717, 1.165) is 21.5 Å². The summed E-state index contributed by atoms with van der Waals surface area (Å²) in [5.41, 5.74) is 3.02. The minimum absolute atomic E-state index is 0.0468. The molecule has 0 spiro atoms. The van der Waals surface area contributed by atoms with E-state index in [1.165, 1.54) is 11.3 Å². The lowest BCUT2D eigenvalue weighted by atomic mass is 10.1. The van der Waals surface area contributed by atoms with Crippen LogP contribution in [-0.4, -0.2) is 40.1 Å². The van der Waals surface area contributed by atoms with Gasteiger partial charge in [0.2, 0.25) is 11.8 Å². The molecule has 1 aliphatic heterocycles. The van der Waals surface area contributed by atoms with Gasteiger partial charge in [-0.2, -0.15) is 5.10 Å². The molecule has 7 nitrogen and oxygen atoms in total. The molecule has 0 aliphatic carbocycles. The van der Waals surface area contributed by atoms with Crippen molar-refractivity contribution in [3.8, 4) is 0 Å². The van der Waals surface area contributed by atoms with Gasteiger partial charge < -0.3 is 5.32 Å². The van der Waals surface area contributed by atoms with Gasteiger partial charge in [-0.3, -0.25) is 19.6 Å². The smallest absolute Gasteiger partial charge is 0.229 e. The highest BCUT2D eigenvalue weighted by Gasteiger charge is 2.36. The van der Waals surface area contributed by atoms with Crippen molar-refractivity contribution in [3.05, 3.63) is 41.7 Å². The van der Waals surface area contributed by atoms with Gasteiger partial charge in [-0.15, -0.1) is 0 Å². The van der Waals surface area contributed by atoms with Crippen molar-refractivity contribution in [1.82, 2.24) is 20.5 Å². The van der Waals surface area contributed by atoms with Gasteiger partial charge in [-0.25, -0.2) is 4.98 Å². The number of nitrogens with zero attached hydrogens (tertiary/aromatic N) is 3. The molecule has 8 heteroatoms. The molecule has 1 atom stereocenters. The quantitative estimate of drug-likeness (QED) is 0.720. The van der Waals surface area contributed by atoms with Gasteiger partial charge in [0, 0.05) is 37.8 Å². The van der Waals surface area contributed by atoms with E-state index in [4.69, 9.17) is 0 Å². The summed E-state index contributed by atoms with van der Waals surface area (Å²) in [7, 11) is 0. The number of hydrogen-bond acceptors (Lipinski definition) is 5. The van der Waals surface area contributed by atoms with E-state index in [-0.39, 0.29) is 24.2 Å². The number of aromatic nitrogens is 3. The molecule has 1 unspecified atom stereocenters. The zero-order chi connectivity index (χ0) is 18.1. The minimum Gasteiger partial charge on any atom is -0.355 e. The highest BCUT2D eigenvalue weighted by molar-refractivity contribution is 7.22. The molecule has 3 heterocycles. The second-order valence-electron chi connectivity index (χ2n) is 6.50. The molecule has 3 aromatic rings. The Labute approximate surface area is 154 Å². The maximum atomic E-state index is 12.4. The molecule has 0 saturated carbocycles. The fourth-order valence-electron chi connectivity index (χ4n) is 3.09. The standard InChI is InChI=1S/C18H19N5O2S/c1-11-2-3-14-15(8-11)26-18(21-14)23-10-12(9-16(23)24)17(25)19-6-4-13-5-7-20-22-13/h2-3,5,7-8,12H,4,6,9-10H2,1H3,(H,19,25)(H,20,22). The number of benzene rings is 1. The first-order valence-corrected chi connectivity index (χ1v) is 9.35. The van der Waals surface area contributed by atoms with Crippen LogP contribution in [0.1, 0.15) is 17.7 Å². The SMILES string of the molecule is Cc1ccc2nc(N3CC(C(=O)NCCc4ccn[nH]4)CC3=O)sc2c1. The second-order valence-corrected chi connectivity index (χ2v) is 7.51. The molecule has 1 aromatic carbocycles. The number of hydrogen-bond donors (Lipinski definition) is 2. The molecular weight excluding hydrogens is 350 g/mol. The zero-order valence-corrected chi connectivity index (χ0v) is 15.2. The van der Waals surface area contributed by atoms with Crippen LogP contribution in [0.15, 0.2) is 30.5 Å². The maximum absolute atomic E-state index is 12.4. The molecule has 134 valence electrons. The molecular formula is C18H19N5O2S. The van der Waals surface area contributed by atoms with Gasteiger partial charge in [0.05, 0.1) is 16.1 Å². The normalized spacial score (nSPS) is 17.2. The van der Waals surface area contributed by atoms with E-state index in [9.17, 15) is 9.59 Å². The Bertz CT molecular complexity index is 950. The van der Waals surface area contributed by atoms with Crippen molar-refractivity contribution in [1.29, 1.82) is 0 Å². The number of nitrogens with one attached hydrogen (secondary N) is 2. The van der Waals surface area contributed by atoms with Crippen LogP contribution in [0, 0.1) is 12.8 Å². The fourth-order valence-corrected chi connectivity index (χ4v) is 4.18. The first kappa shape index (κ1) is 16.7. The van der Waals surface area contributed by atoms with Gasteiger partial charge in [0.1, 0.15) is 0 Å². The fraction of sp³-hybridized carbons (Fsp3) is 0.333. The number of H-pyrrole nitrogens is 1. The monoisotopic (exact) mass is 369 g/mol. The number of aromatic amines is 1. The van der Waals surface area contributed by atoms with Crippen molar-refractivity contribution in [2.45, 2.75) is 19.8 Å². The predicted octanol–water partition coefficient (Wildman–Crippen LogP) is 2.04. The van der Waals surface area contributed by atoms with E-state index in [1.807, 2.05) is 25.1 Å². The summed E-state index contributed by atoms with van der Waals surface area (Å²) in [5.74, 6) is -0.468. The Morgan fingerprint density at radius 3 is 3.12 bits per heavy atom. The number of carbonyl (C=O) groups excluding carboxylic acids is 2.